The zero-order valence-electron chi connectivity index (χ0n) is 8.81. The van der Waals surface area contributed by atoms with Crippen LogP contribution in [0.5, 0.6) is 0 Å². The van der Waals surface area contributed by atoms with Crippen molar-refractivity contribution < 1.29 is 4.74 Å². The van der Waals surface area contributed by atoms with E-state index in [9.17, 15) is 0 Å². The molecule has 76 valence electrons. The third-order valence-corrected chi connectivity index (χ3v) is 2.10. The first kappa shape index (κ1) is 12.5. The van der Waals surface area contributed by atoms with Crippen LogP contribution in [-0.2, 0) is 4.74 Å². The second-order valence-corrected chi connectivity index (χ2v) is 3.07. The number of unbranched alkanes of at least 4 members (excludes halogenated alkanes) is 1. The normalized spacial score (nSPS) is 12.4. The predicted molar refractivity (Wildman–Crippen MR) is 56.6 cm³/mol. The van der Waals surface area contributed by atoms with Crippen LogP contribution in [0.15, 0.2) is 0 Å². The van der Waals surface area contributed by atoms with Gasteiger partial charge in [-0.1, -0.05) is 0 Å². The van der Waals surface area contributed by atoms with Gasteiger partial charge in [0.1, 0.15) is 0 Å². The second-order valence-electron chi connectivity index (χ2n) is 3.07. The van der Waals surface area contributed by atoms with Crippen molar-refractivity contribution in [3.05, 3.63) is 0 Å². The van der Waals surface area contributed by atoms with Crippen LogP contribution < -0.4 is 5.32 Å². The lowest BCUT2D eigenvalue weighted by molar-refractivity contribution is 0.136. The fourth-order valence-corrected chi connectivity index (χ4v) is 1.25. The largest absolute Gasteiger partial charge is 0.382 e. The Hall–Kier alpha value is -0.520. The highest BCUT2D eigenvalue weighted by atomic mass is 16.5. The Kier molecular flexibility index (Phi) is 9.18. The summed E-state index contributed by atoms with van der Waals surface area (Å²) in [4.78, 5) is 0. The predicted octanol–water partition coefficient (Wildman–Crippen LogP) is 1.80. The first-order chi connectivity index (χ1) is 6.35. The van der Waals surface area contributed by atoms with Crippen LogP contribution in [0.1, 0.15) is 32.6 Å². The smallest absolute Gasteiger partial charge is 0.0480 e. The van der Waals surface area contributed by atoms with E-state index in [0.29, 0.717) is 6.04 Å². The Balaban J connectivity index is 3.35. The Morgan fingerprint density at radius 1 is 1.46 bits per heavy atom. The van der Waals surface area contributed by atoms with Crippen LogP contribution >= 0.6 is 0 Å². The molecule has 13 heavy (non-hydrogen) atoms. The molecule has 0 saturated carbocycles. The summed E-state index contributed by atoms with van der Waals surface area (Å²) in [5.41, 5.74) is 0. The van der Waals surface area contributed by atoms with Gasteiger partial charge in [0.25, 0.3) is 0 Å². The van der Waals surface area contributed by atoms with Crippen molar-refractivity contribution >= 4 is 0 Å². The maximum Gasteiger partial charge on any atom is 0.0480 e. The zero-order valence-corrected chi connectivity index (χ0v) is 8.81. The Bertz CT molecular complexity index is 140. The van der Waals surface area contributed by atoms with Crippen LogP contribution in [0.25, 0.3) is 0 Å². The summed E-state index contributed by atoms with van der Waals surface area (Å²) in [6.07, 6.45) is 9.39. The molecule has 0 saturated heterocycles. The van der Waals surface area contributed by atoms with Crippen molar-refractivity contribution in [2.75, 3.05) is 20.3 Å². The molecule has 0 spiro atoms. The fraction of sp³-hybridized carbons (Fsp3) is 0.818. The summed E-state index contributed by atoms with van der Waals surface area (Å²) < 4.78 is 5.29. The van der Waals surface area contributed by atoms with Crippen LogP contribution in [0.3, 0.4) is 0 Å². The average molecular weight is 183 g/mol. The van der Waals surface area contributed by atoms with E-state index in [1.54, 1.807) is 0 Å². The molecule has 2 heteroatoms. The minimum absolute atomic E-state index is 0.555. The lowest BCUT2D eigenvalue weighted by Crippen LogP contribution is -2.26. The molecular weight excluding hydrogens is 162 g/mol. The minimum Gasteiger partial charge on any atom is -0.382 e. The van der Waals surface area contributed by atoms with Crippen molar-refractivity contribution in [2.45, 2.75) is 38.6 Å². The van der Waals surface area contributed by atoms with Gasteiger partial charge in [0, 0.05) is 25.7 Å². The summed E-state index contributed by atoms with van der Waals surface area (Å²) in [7, 11) is 1.99. The summed E-state index contributed by atoms with van der Waals surface area (Å²) in [6, 6.07) is 0.555. The molecule has 0 radical (unpaired) electrons. The number of rotatable bonds is 8. The molecule has 0 aromatic rings. The van der Waals surface area contributed by atoms with Crippen molar-refractivity contribution in [1.82, 2.24) is 5.32 Å². The molecular formula is C11H21NO. The van der Waals surface area contributed by atoms with E-state index in [2.05, 4.69) is 11.2 Å². The van der Waals surface area contributed by atoms with Crippen molar-refractivity contribution in [2.24, 2.45) is 0 Å². The van der Waals surface area contributed by atoms with Gasteiger partial charge >= 0.3 is 0 Å². The molecule has 2 nitrogen and oxygen atoms in total. The topological polar surface area (TPSA) is 21.3 Å². The van der Waals surface area contributed by atoms with Gasteiger partial charge in [-0.3, -0.25) is 0 Å². The standard InChI is InChI=1S/C11H21NO/c1-4-6-7-8-11(12-3)9-10-13-5-2/h1,11-12H,5-10H2,2-3H3. The van der Waals surface area contributed by atoms with E-state index in [-0.39, 0.29) is 0 Å². The highest BCUT2D eigenvalue weighted by Gasteiger charge is 2.04. The number of hydrogen-bond acceptors (Lipinski definition) is 2. The van der Waals surface area contributed by atoms with E-state index >= 15 is 0 Å². The molecule has 1 atom stereocenters. The van der Waals surface area contributed by atoms with Crippen LogP contribution in [0.2, 0.25) is 0 Å². The maximum absolute atomic E-state index is 5.29. The Morgan fingerprint density at radius 2 is 2.23 bits per heavy atom. The van der Waals surface area contributed by atoms with Gasteiger partial charge in [0.2, 0.25) is 0 Å². The summed E-state index contributed by atoms with van der Waals surface area (Å²) in [5.74, 6) is 2.66. The van der Waals surface area contributed by atoms with Gasteiger partial charge in [-0.2, -0.15) is 0 Å². The van der Waals surface area contributed by atoms with Gasteiger partial charge in [-0.15, -0.1) is 12.3 Å². The lowest BCUT2D eigenvalue weighted by Gasteiger charge is -2.14. The van der Waals surface area contributed by atoms with Crippen molar-refractivity contribution in [3.63, 3.8) is 0 Å². The van der Waals surface area contributed by atoms with Crippen molar-refractivity contribution in [1.29, 1.82) is 0 Å². The number of nitrogens with one attached hydrogen (secondary N) is 1. The highest BCUT2D eigenvalue weighted by Crippen LogP contribution is 2.03. The van der Waals surface area contributed by atoms with Gasteiger partial charge < -0.3 is 10.1 Å². The summed E-state index contributed by atoms with van der Waals surface area (Å²) in [6.45, 7) is 3.67. The molecule has 0 aromatic carbocycles. The van der Waals surface area contributed by atoms with Gasteiger partial charge in [0.05, 0.1) is 0 Å². The first-order valence-electron chi connectivity index (χ1n) is 5.03. The molecule has 0 rings (SSSR count). The number of terminal acetylenes is 1. The summed E-state index contributed by atoms with van der Waals surface area (Å²) in [5, 5.41) is 3.27. The van der Waals surface area contributed by atoms with Gasteiger partial charge in [-0.25, -0.2) is 0 Å². The van der Waals surface area contributed by atoms with E-state index in [1.807, 2.05) is 14.0 Å². The van der Waals surface area contributed by atoms with Crippen molar-refractivity contribution in [3.8, 4) is 12.3 Å². The second kappa shape index (κ2) is 9.57. The molecule has 0 heterocycles. The lowest BCUT2D eigenvalue weighted by atomic mass is 10.1. The van der Waals surface area contributed by atoms with E-state index < -0.39 is 0 Å². The molecule has 0 aromatic heterocycles. The molecule has 1 N–H and O–H groups in total. The first-order valence-corrected chi connectivity index (χ1v) is 5.03. The molecule has 0 aliphatic carbocycles. The Morgan fingerprint density at radius 3 is 2.77 bits per heavy atom. The monoisotopic (exact) mass is 183 g/mol. The Labute approximate surface area is 82.1 Å². The highest BCUT2D eigenvalue weighted by molar-refractivity contribution is 4.83. The number of ether oxygens (including phenoxy) is 1. The molecule has 0 bridgehead atoms. The molecule has 0 fully saturated rings. The van der Waals surface area contributed by atoms with E-state index in [0.717, 1.165) is 38.9 Å². The average Bonchev–Trinajstić information content (AvgIpc) is 2.16. The summed E-state index contributed by atoms with van der Waals surface area (Å²) >= 11 is 0. The van der Waals surface area contributed by atoms with E-state index in [4.69, 9.17) is 11.2 Å². The van der Waals surface area contributed by atoms with Crippen LogP contribution in [0.4, 0.5) is 0 Å². The van der Waals surface area contributed by atoms with E-state index in [1.165, 1.54) is 0 Å². The SMILES string of the molecule is C#CCCCC(CCOCC)NC. The molecule has 0 aliphatic heterocycles. The minimum atomic E-state index is 0.555. The molecule has 0 aliphatic rings. The molecule has 1 unspecified atom stereocenters. The van der Waals surface area contributed by atoms with Gasteiger partial charge in [0.15, 0.2) is 0 Å². The van der Waals surface area contributed by atoms with Gasteiger partial charge in [-0.05, 0) is 33.2 Å². The third-order valence-electron chi connectivity index (χ3n) is 2.10. The van der Waals surface area contributed by atoms with Crippen LogP contribution in [-0.4, -0.2) is 26.3 Å². The van der Waals surface area contributed by atoms with Crippen LogP contribution in [0, 0.1) is 12.3 Å². The fourth-order valence-electron chi connectivity index (χ4n) is 1.25. The third kappa shape index (κ3) is 7.83. The molecule has 0 amide bonds. The quantitative estimate of drug-likeness (QED) is 0.458. The number of hydrogen-bond donors (Lipinski definition) is 1. The maximum atomic E-state index is 5.29. The zero-order chi connectivity index (χ0) is 9.94.